The molecular weight excluding hydrogens is 520 g/mol. The molecule has 202 valence electrons. The van der Waals surface area contributed by atoms with Gasteiger partial charge in [-0.15, -0.1) is 0 Å². The van der Waals surface area contributed by atoms with Gasteiger partial charge in [-0.2, -0.15) is 0 Å². The lowest BCUT2D eigenvalue weighted by molar-refractivity contribution is -0.140. The molecule has 0 aliphatic carbocycles. The third kappa shape index (κ3) is 8.09. The highest BCUT2D eigenvalue weighted by Crippen LogP contribution is 2.23. The average molecular weight is 549 g/mol. The van der Waals surface area contributed by atoms with E-state index in [1.807, 2.05) is 61.5 Å². The van der Waals surface area contributed by atoms with Crippen molar-refractivity contribution in [1.29, 1.82) is 0 Å². The lowest BCUT2D eigenvalue weighted by Crippen LogP contribution is -2.35. The quantitative estimate of drug-likeness (QED) is 0.198. The molecule has 0 aliphatic rings. The smallest absolute Gasteiger partial charge is 0.415 e. The monoisotopic (exact) mass is 548 g/mol. The number of hydrogen-bond donors (Lipinski definition) is 0. The number of oxazole rings is 1. The topological polar surface area (TPSA) is 91.1 Å². The number of carbonyl (C=O) groups excluding carboxylic acids is 2. The van der Waals surface area contributed by atoms with Gasteiger partial charge in [-0.05, 0) is 55.0 Å². The molecule has 3 aromatic carbocycles. The van der Waals surface area contributed by atoms with Gasteiger partial charge in [-0.3, -0.25) is 4.79 Å². The van der Waals surface area contributed by atoms with E-state index in [9.17, 15) is 9.59 Å². The zero-order valence-corrected chi connectivity index (χ0v) is 22.5. The van der Waals surface area contributed by atoms with Gasteiger partial charge in [0.1, 0.15) is 17.3 Å². The predicted molar refractivity (Wildman–Crippen MR) is 147 cm³/mol. The summed E-state index contributed by atoms with van der Waals surface area (Å²) < 4.78 is 21.9. The van der Waals surface area contributed by atoms with E-state index in [1.165, 1.54) is 12.0 Å². The van der Waals surface area contributed by atoms with E-state index in [2.05, 4.69) is 4.98 Å². The maximum Gasteiger partial charge on any atom is 0.415 e. The Kier molecular flexibility index (Phi) is 9.58. The molecular formula is C30H29ClN2O6. The van der Waals surface area contributed by atoms with Crippen molar-refractivity contribution in [3.8, 4) is 23.0 Å². The standard InChI is InChI=1S/C30H29ClN2O6/c1-21-27(32-29(38-21)23-7-4-3-5-8-23)16-18-37-25-13-11-22(12-14-25)20-33(17-15-28(34)36-2)30(35)39-26-10-6-9-24(31)19-26/h3-14,19H,15-18,20H2,1-2H3. The molecule has 4 aromatic rings. The molecule has 0 unspecified atom stereocenters. The maximum absolute atomic E-state index is 12.9. The molecule has 0 radical (unpaired) electrons. The van der Waals surface area contributed by atoms with Crippen molar-refractivity contribution in [2.75, 3.05) is 20.3 Å². The number of aromatic nitrogens is 1. The fourth-order valence-corrected chi connectivity index (χ4v) is 3.98. The van der Waals surface area contributed by atoms with Crippen molar-refractivity contribution in [2.45, 2.75) is 26.3 Å². The molecule has 8 nitrogen and oxygen atoms in total. The Morgan fingerprint density at radius 3 is 2.46 bits per heavy atom. The molecule has 0 saturated heterocycles. The number of benzene rings is 3. The van der Waals surface area contributed by atoms with E-state index in [0.29, 0.717) is 35.4 Å². The number of nitrogens with zero attached hydrogens (tertiary/aromatic N) is 2. The Hall–Kier alpha value is -4.30. The molecule has 0 bridgehead atoms. The highest BCUT2D eigenvalue weighted by Gasteiger charge is 2.19. The summed E-state index contributed by atoms with van der Waals surface area (Å²) >= 11 is 5.99. The molecule has 0 saturated carbocycles. The fourth-order valence-electron chi connectivity index (χ4n) is 3.80. The predicted octanol–water partition coefficient (Wildman–Crippen LogP) is 6.49. The third-order valence-electron chi connectivity index (χ3n) is 5.89. The average Bonchev–Trinajstić information content (AvgIpc) is 3.32. The Balaban J connectivity index is 1.33. The van der Waals surface area contributed by atoms with Crippen molar-refractivity contribution in [3.63, 3.8) is 0 Å². The van der Waals surface area contributed by atoms with Crippen LogP contribution in [0.1, 0.15) is 23.4 Å². The van der Waals surface area contributed by atoms with E-state index in [-0.39, 0.29) is 19.5 Å². The van der Waals surface area contributed by atoms with Crippen molar-refractivity contribution < 1.29 is 28.2 Å². The maximum atomic E-state index is 12.9. The molecule has 1 aromatic heterocycles. The van der Waals surface area contributed by atoms with Gasteiger partial charge in [-0.25, -0.2) is 9.78 Å². The van der Waals surface area contributed by atoms with Crippen LogP contribution in [0, 0.1) is 6.92 Å². The minimum atomic E-state index is -0.598. The lowest BCUT2D eigenvalue weighted by Gasteiger charge is -2.22. The SMILES string of the molecule is COC(=O)CCN(Cc1ccc(OCCc2nc(-c3ccccc3)oc2C)cc1)C(=O)Oc1cccc(Cl)c1. The zero-order chi connectivity index (χ0) is 27.6. The molecule has 0 spiro atoms. The van der Waals surface area contributed by atoms with Crippen LogP contribution in [0.4, 0.5) is 4.79 Å². The summed E-state index contributed by atoms with van der Waals surface area (Å²) in [6.45, 7) is 2.69. The van der Waals surface area contributed by atoms with Crippen LogP contribution in [-0.4, -0.2) is 42.2 Å². The number of ether oxygens (including phenoxy) is 3. The van der Waals surface area contributed by atoms with Crippen LogP contribution < -0.4 is 9.47 Å². The van der Waals surface area contributed by atoms with Crippen LogP contribution >= 0.6 is 11.6 Å². The van der Waals surface area contributed by atoms with Gasteiger partial charge in [0.25, 0.3) is 0 Å². The summed E-state index contributed by atoms with van der Waals surface area (Å²) in [6, 6.07) is 23.7. The summed E-state index contributed by atoms with van der Waals surface area (Å²) in [7, 11) is 1.31. The first kappa shape index (κ1) is 27.7. The van der Waals surface area contributed by atoms with Gasteiger partial charge in [0.15, 0.2) is 0 Å². The molecule has 0 fully saturated rings. The van der Waals surface area contributed by atoms with Gasteiger partial charge in [0.05, 0.1) is 25.8 Å². The van der Waals surface area contributed by atoms with Gasteiger partial charge < -0.3 is 23.5 Å². The number of hydrogen-bond acceptors (Lipinski definition) is 7. The minimum absolute atomic E-state index is 0.0375. The summed E-state index contributed by atoms with van der Waals surface area (Å²) in [6.07, 6.45) is 0.0375. The molecule has 0 aliphatic heterocycles. The van der Waals surface area contributed by atoms with Gasteiger partial charge in [-0.1, -0.05) is 48.0 Å². The van der Waals surface area contributed by atoms with Crippen molar-refractivity contribution in [2.24, 2.45) is 0 Å². The Labute approximate surface area is 232 Å². The summed E-state index contributed by atoms with van der Waals surface area (Å²) in [5.74, 6) is 1.95. The van der Waals surface area contributed by atoms with Gasteiger partial charge in [0, 0.05) is 30.1 Å². The van der Waals surface area contributed by atoms with Crippen LogP contribution in [0.3, 0.4) is 0 Å². The highest BCUT2D eigenvalue weighted by atomic mass is 35.5. The second-order valence-corrected chi connectivity index (χ2v) is 9.14. The molecule has 1 heterocycles. The molecule has 39 heavy (non-hydrogen) atoms. The first-order chi connectivity index (χ1) is 18.9. The van der Waals surface area contributed by atoms with Crippen LogP contribution in [0.2, 0.25) is 5.02 Å². The summed E-state index contributed by atoms with van der Waals surface area (Å²) in [5.41, 5.74) is 2.63. The Morgan fingerprint density at radius 2 is 1.74 bits per heavy atom. The second kappa shape index (κ2) is 13.5. The first-order valence-electron chi connectivity index (χ1n) is 12.4. The number of carbonyl (C=O) groups is 2. The Bertz CT molecular complexity index is 1390. The van der Waals surface area contributed by atoms with Crippen LogP contribution in [0.15, 0.2) is 83.3 Å². The van der Waals surface area contributed by atoms with Crippen LogP contribution in [0.5, 0.6) is 11.5 Å². The lowest BCUT2D eigenvalue weighted by atomic mass is 10.2. The molecule has 9 heteroatoms. The number of amides is 1. The van der Waals surface area contributed by atoms with Crippen molar-refractivity contribution >= 4 is 23.7 Å². The molecule has 0 N–H and O–H groups in total. The van der Waals surface area contributed by atoms with Crippen molar-refractivity contribution in [3.05, 3.63) is 101 Å². The number of esters is 1. The van der Waals surface area contributed by atoms with E-state index < -0.39 is 12.1 Å². The second-order valence-electron chi connectivity index (χ2n) is 8.70. The molecule has 0 atom stereocenters. The fraction of sp³-hybridized carbons (Fsp3) is 0.233. The number of methoxy groups -OCH3 is 1. The first-order valence-corrected chi connectivity index (χ1v) is 12.8. The van der Waals surface area contributed by atoms with Gasteiger partial charge >= 0.3 is 12.1 Å². The summed E-state index contributed by atoms with van der Waals surface area (Å²) in [4.78, 5) is 30.6. The van der Waals surface area contributed by atoms with E-state index in [0.717, 1.165) is 22.6 Å². The highest BCUT2D eigenvalue weighted by molar-refractivity contribution is 6.30. The van der Waals surface area contributed by atoms with Crippen LogP contribution in [0.25, 0.3) is 11.5 Å². The van der Waals surface area contributed by atoms with E-state index in [1.54, 1.807) is 24.3 Å². The zero-order valence-electron chi connectivity index (χ0n) is 21.8. The largest absolute Gasteiger partial charge is 0.493 e. The minimum Gasteiger partial charge on any atom is -0.493 e. The van der Waals surface area contributed by atoms with Crippen molar-refractivity contribution in [1.82, 2.24) is 9.88 Å². The number of halogens is 1. The third-order valence-corrected chi connectivity index (χ3v) is 6.13. The summed E-state index contributed by atoms with van der Waals surface area (Å²) in [5, 5.41) is 0.451. The van der Waals surface area contributed by atoms with Crippen LogP contribution in [-0.2, 0) is 22.5 Å². The molecule has 1 amide bonds. The number of rotatable bonds is 11. The molecule has 4 rings (SSSR count). The normalized spacial score (nSPS) is 10.6. The van der Waals surface area contributed by atoms with Gasteiger partial charge in [0.2, 0.25) is 5.89 Å². The number of aryl methyl sites for hydroxylation is 1. The van der Waals surface area contributed by atoms with E-state index in [4.69, 9.17) is 30.2 Å². The van der Waals surface area contributed by atoms with E-state index >= 15 is 0 Å². The Morgan fingerprint density at radius 1 is 0.974 bits per heavy atom.